The molecule has 0 fully saturated rings. The zero-order valence-corrected chi connectivity index (χ0v) is 16.4. The van der Waals surface area contributed by atoms with Crippen molar-refractivity contribution in [3.63, 3.8) is 0 Å². The lowest BCUT2D eigenvalue weighted by molar-refractivity contribution is 0.662. The van der Waals surface area contributed by atoms with Crippen molar-refractivity contribution < 1.29 is 4.42 Å². The van der Waals surface area contributed by atoms with Crippen LogP contribution in [0.1, 0.15) is 13.8 Å². The molecule has 1 aliphatic rings. The predicted molar refractivity (Wildman–Crippen MR) is 123 cm³/mol. The summed E-state index contributed by atoms with van der Waals surface area (Å²) < 4.78 is 8.67. The van der Waals surface area contributed by atoms with Crippen molar-refractivity contribution in [2.24, 2.45) is 4.99 Å². The van der Waals surface area contributed by atoms with Gasteiger partial charge in [-0.25, -0.2) is 0 Å². The highest BCUT2D eigenvalue weighted by molar-refractivity contribution is 6.24. The maximum Gasteiger partial charge on any atom is 0.160 e. The van der Waals surface area contributed by atoms with E-state index in [0.29, 0.717) is 0 Å². The molecule has 3 nitrogen and oxygen atoms in total. The lowest BCUT2D eigenvalue weighted by Crippen LogP contribution is -2.11. The number of nitrogens with zero attached hydrogens (tertiary/aromatic N) is 2. The van der Waals surface area contributed by atoms with Crippen molar-refractivity contribution in [2.75, 3.05) is 0 Å². The smallest absolute Gasteiger partial charge is 0.160 e. The second-order valence-electron chi connectivity index (χ2n) is 8.15. The zero-order chi connectivity index (χ0) is 19.6. The van der Waals surface area contributed by atoms with Gasteiger partial charge in [0.1, 0.15) is 5.58 Å². The summed E-state index contributed by atoms with van der Waals surface area (Å²) >= 11 is 0. The van der Waals surface area contributed by atoms with Gasteiger partial charge in [0.15, 0.2) is 5.58 Å². The Hall–Kier alpha value is -3.59. The van der Waals surface area contributed by atoms with E-state index in [1.807, 2.05) is 18.3 Å². The molecule has 0 aliphatic carbocycles. The molecule has 0 saturated carbocycles. The summed E-state index contributed by atoms with van der Waals surface area (Å²) in [5, 5.41) is 4.69. The maximum absolute atomic E-state index is 6.39. The molecule has 29 heavy (non-hydrogen) atoms. The molecule has 3 heteroatoms. The van der Waals surface area contributed by atoms with Crippen LogP contribution in [0.4, 0.5) is 0 Å². The van der Waals surface area contributed by atoms with Crippen LogP contribution in [-0.2, 0) is 0 Å². The molecule has 2 aromatic heterocycles. The molecule has 3 heterocycles. The van der Waals surface area contributed by atoms with E-state index in [1.165, 1.54) is 10.8 Å². The van der Waals surface area contributed by atoms with Gasteiger partial charge in [0.25, 0.3) is 0 Å². The van der Waals surface area contributed by atoms with Gasteiger partial charge in [-0.1, -0.05) is 54.6 Å². The number of aromatic nitrogens is 1. The molecular weight excluding hydrogens is 356 g/mol. The third-order valence-corrected chi connectivity index (χ3v) is 5.74. The molecule has 0 radical (unpaired) electrons. The van der Waals surface area contributed by atoms with E-state index in [-0.39, 0.29) is 5.54 Å². The largest absolute Gasteiger partial charge is 0.454 e. The van der Waals surface area contributed by atoms with Crippen molar-refractivity contribution in [3.05, 3.63) is 78.9 Å². The molecule has 1 aliphatic heterocycles. The number of aliphatic imine (C=N–C) groups is 1. The van der Waals surface area contributed by atoms with Crippen LogP contribution in [0.3, 0.4) is 0 Å². The van der Waals surface area contributed by atoms with Gasteiger partial charge in [0.05, 0.1) is 22.3 Å². The van der Waals surface area contributed by atoms with Crippen LogP contribution in [0.15, 0.2) is 88.3 Å². The molecule has 0 spiro atoms. The van der Waals surface area contributed by atoms with Gasteiger partial charge < -0.3 is 8.98 Å². The average Bonchev–Trinajstić information content (AvgIpc) is 3.20. The highest BCUT2D eigenvalue weighted by atomic mass is 16.3. The van der Waals surface area contributed by atoms with E-state index in [1.54, 1.807) is 0 Å². The fourth-order valence-electron chi connectivity index (χ4n) is 4.33. The van der Waals surface area contributed by atoms with Gasteiger partial charge in [0, 0.05) is 27.8 Å². The highest BCUT2D eigenvalue weighted by Crippen LogP contribution is 2.39. The van der Waals surface area contributed by atoms with Crippen LogP contribution in [0.2, 0.25) is 0 Å². The van der Waals surface area contributed by atoms with E-state index >= 15 is 0 Å². The highest BCUT2D eigenvalue weighted by Gasteiger charge is 2.20. The van der Waals surface area contributed by atoms with Crippen LogP contribution in [0.25, 0.3) is 49.4 Å². The molecule has 0 saturated heterocycles. The number of benzene rings is 3. The lowest BCUT2D eigenvalue weighted by Gasteiger charge is -2.12. The number of hydrogen-bond acceptors (Lipinski definition) is 2. The molecule has 0 N–H and O–H groups in total. The van der Waals surface area contributed by atoms with Gasteiger partial charge in [-0.2, -0.15) is 0 Å². The third-order valence-electron chi connectivity index (χ3n) is 5.74. The van der Waals surface area contributed by atoms with E-state index < -0.39 is 0 Å². The second kappa shape index (κ2) is 5.71. The van der Waals surface area contributed by atoms with Crippen molar-refractivity contribution in [3.8, 4) is 0 Å². The Morgan fingerprint density at radius 2 is 1.59 bits per heavy atom. The Morgan fingerprint density at radius 1 is 0.828 bits per heavy atom. The standard InChI is InChI=1S/C26H20N2O/c1-26(2)15-7-8-17(16-27-26)28-22-11-5-3-9-18(22)20-13-14-21-19-10-4-6-12-23(19)29-25(21)24(20)28/h3-16H,1-2H3. The number of hydrogen-bond donors (Lipinski definition) is 0. The van der Waals surface area contributed by atoms with E-state index in [4.69, 9.17) is 9.41 Å². The second-order valence-corrected chi connectivity index (χ2v) is 8.15. The quantitative estimate of drug-likeness (QED) is 0.311. The summed E-state index contributed by atoms with van der Waals surface area (Å²) in [6.07, 6.45) is 8.34. The molecule has 140 valence electrons. The van der Waals surface area contributed by atoms with Crippen LogP contribution in [-0.4, -0.2) is 16.3 Å². The monoisotopic (exact) mass is 376 g/mol. The Kier molecular flexibility index (Phi) is 3.22. The fourth-order valence-corrected chi connectivity index (χ4v) is 4.33. The minimum absolute atomic E-state index is 0.217. The lowest BCUT2D eigenvalue weighted by atomic mass is 10.1. The summed E-state index contributed by atoms with van der Waals surface area (Å²) in [5.41, 5.74) is 4.89. The Bertz CT molecular complexity index is 1520. The first kappa shape index (κ1) is 16.4. The number of fused-ring (bicyclic) bond motifs is 7. The Balaban J connectivity index is 1.81. The minimum atomic E-state index is -0.217. The number of allylic oxidation sites excluding steroid dienone is 3. The summed E-state index contributed by atoms with van der Waals surface area (Å²) in [6, 6.07) is 21.1. The third kappa shape index (κ3) is 2.34. The van der Waals surface area contributed by atoms with Gasteiger partial charge in [0.2, 0.25) is 0 Å². The van der Waals surface area contributed by atoms with E-state index in [2.05, 4.69) is 85.2 Å². The van der Waals surface area contributed by atoms with Crippen LogP contribution >= 0.6 is 0 Å². The Labute approximate surface area is 168 Å². The fraction of sp³-hybridized carbons (Fsp3) is 0.115. The first-order valence-corrected chi connectivity index (χ1v) is 9.91. The first-order valence-electron chi connectivity index (χ1n) is 9.91. The molecule has 0 amide bonds. The van der Waals surface area contributed by atoms with Crippen molar-refractivity contribution in [1.29, 1.82) is 0 Å². The molecular formula is C26H20N2O. The predicted octanol–water partition coefficient (Wildman–Crippen LogP) is 6.95. The summed E-state index contributed by atoms with van der Waals surface area (Å²) in [4.78, 5) is 4.80. The van der Waals surface area contributed by atoms with Gasteiger partial charge in [-0.15, -0.1) is 0 Å². The Morgan fingerprint density at radius 3 is 2.48 bits per heavy atom. The summed E-state index contributed by atoms with van der Waals surface area (Å²) in [5.74, 6) is 0. The maximum atomic E-state index is 6.39. The number of furan rings is 1. The molecule has 0 bridgehead atoms. The topological polar surface area (TPSA) is 30.4 Å². The van der Waals surface area contributed by atoms with Crippen LogP contribution in [0, 0.1) is 0 Å². The number of rotatable bonds is 1. The number of para-hydroxylation sites is 2. The first-order chi connectivity index (χ1) is 14.1. The zero-order valence-electron chi connectivity index (χ0n) is 16.4. The average molecular weight is 376 g/mol. The normalized spacial score (nSPS) is 16.1. The van der Waals surface area contributed by atoms with Crippen molar-refractivity contribution in [2.45, 2.75) is 19.4 Å². The molecule has 5 aromatic rings. The molecule has 3 aromatic carbocycles. The van der Waals surface area contributed by atoms with E-state index in [9.17, 15) is 0 Å². The van der Waals surface area contributed by atoms with Gasteiger partial charge in [-0.3, -0.25) is 4.99 Å². The molecule has 0 atom stereocenters. The molecule has 6 rings (SSSR count). The van der Waals surface area contributed by atoms with Gasteiger partial charge >= 0.3 is 0 Å². The summed E-state index contributed by atoms with van der Waals surface area (Å²) in [6.45, 7) is 4.22. The van der Waals surface area contributed by atoms with Crippen LogP contribution < -0.4 is 0 Å². The SMILES string of the molecule is CC1(C)C=CC=C(n2c3ccccc3c3ccc4c5ccccc5oc4c32)C=N1. The van der Waals surface area contributed by atoms with Crippen molar-refractivity contribution >= 4 is 55.7 Å². The van der Waals surface area contributed by atoms with Gasteiger partial charge in [-0.05, 0) is 38.1 Å². The summed E-state index contributed by atoms with van der Waals surface area (Å²) in [7, 11) is 0. The van der Waals surface area contributed by atoms with Crippen molar-refractivity contribution in [1.82, 2.24) is 4.57 Å². The molecule has 0 unspecified atom stereocenters. The minimum Gasteiger partial charge on any atom is -0.454 e. The van der Waals surface area contributed by atoms with Crippen LogP contribution in [0.5, 0.6) is 0 Å². The van der Waals surface area contributed by atoms with E-state index in [0.717, 1.165) is 38.7 Å².